The van der Waals surface area contributed by atoms with Crippen LogP contribution in [0.15, 0.2) is 255 Å². The number of fused-ring (bicyclic) bond motifs is 6. The van der Waals surface area contributed by atoms with Crippen molar-refractivity contribution in [3.63, 3.8) is 0 Å². The van der Waals surface area contributed by atoms with Crippen LogP contribution in [-0.2, 0) is 0 Å². The molecule has 0 fully saturated rings. The van der Waals surface area contributed by atoms with Crippen LogP contribution in [0.25, 0.3) is 77.2 Å². The number of hydrogen-bond donors (Lipinski definition) is 0. The van der Waals surface area contributed by atoms with Crippen LogP contribution in [0.2, 0.25) is 0 Å². The molecule has 2 heterocycles. The van der Waals surface area contributed by atoms with Crippen LogP contribution in [0.4, 0.5) is 0 Å². The van der Waals surface area contributed by atoms with Gasteiger partial charge in [-0.1, -0.05) is 212 Å². The van der Waals surface area contributed by atoms with E-state index in [9.17, 15) is 0 Å². The van der Waals surface area contributed by atoms with Crippen molar-refractivity contribution in [1.82, 2.24) is 9.13 Å². The minimum absolute atomic E-state index is 1.15. The third-order valence-corrected chi connectivity index (χ3v) is 17.9. The van der Waals surface area contributed by atoms with E-state index in [4.69, 9.17) is 0 Å². The summed E-state index contributed by atoms with van der Waals surface area (Å²) in [6.07, 6.45) is 0. The maximum Gasteiger partial charge on any atom is 0.180 e. The Morgan fingerprint density at radius 3 is 1.27 bits per heavy atom. The molecule has 0 saturated carbocycles. The maximum absolute atomic E-state index is 2.89. The molecule has 0 N–H and O–H groups in total. The Morgan fingerprint density at radius 1 is 0.270 bits per heavy atom. The molecule has 0 bridgehead atoms. The lowest BCUT2D eigenvalue weighted by atomic mass is 9.97. The summed E-state index contributed by atoms with van der Waals surface area (Å²) in [5, 5.41) is 10.5. The van der Waals surface area contributed by atoms with Crippen molar-refractivity contribution in [1.29, 1.82) is 0 Å². The third-order valence-electron chi connectivity index (χ3n) is 13.1. The standard InChI is InChI=1S/C60H42N2Si/c1-6-22-43(23-7-1)45-40-41-54(51(42-45)44-24-8-2-9-25-44)61-52-34-18-16-32-49(52)59-55(61)36-20-37-56(59)62-53-35-19-17-33-50(53)60-57(62)38-21-39-58(60)63(46-26-10-3-11-27-46,47-28-12-4-13-29-47)48-30-14-5-15-31-48/h1-42H. The molecule has 0 atom stereocenters. The molecule has 2 aromatic heterocycles. The van der Waals surface area contributed by atoms with Crippen LogP contribution in [0, 0.1) is 0 Å². The summed E-state index contributed by atoms with van der Waals surface area (Å²) in [5.41, 5.74) is 11.8. The molecule has 0 unspecified atom stereocenters. The van der Waals surface area contributed by atoms with Crippen molar-refractivity contribution in [2.45, 2.75) is 0 Å². The van der Waals surface area contributed by atoms with Crippen LogP contribution >= 0.6 is 0 Å². The SMILES string of the molecule is c1ccc(-c2ccc(-n3c4ccccc4c4c(-n5c6ccccc6c6c([Si](c7ccccc7)(c7ccccc7)c7ccccc7)cccc65)cccc43)c(-c3ccccc3)c2)cc1. The summed E-state index contributed by atoms with van der Waals surface area (Å²) in [6.45, 7) is 0. The van der Waals surface area contributed by atoms with E-state index in [0.29, 0.717) is 0 Å². The monoisotopic (exact) mass is 818 g/mol. The molecule has 10 aromatic carbocycles. The Kier molecular flexibility index (Phi) is 8.87. The summed E-state index contributed by atoms with van der Waals surface area (Å²) in [7, 11) is -2.89. The van der Waals surface area contributed by atoms with Gasteiger partial charge in [0.05, 0.1) is 33.4 Å². The highest BCUT2D eigenvalue weighted by Crippen LogP contribution is 2.42. The fourth-order valence-electron chi connectivity index (χ4n) is 10.5. The van der Waals surface area contributed by atoms with E-state index in [1.54, 1.807) is 0 Å². The number of nitrogens with zero attached hydrogens (tertiary/aromatic N) is 2. The van der Waals surface area contributed by atoms with Crippen molar-refractivity contribution >= 4 is 72.4 Å². The molecule has 12 rings (SSSR count). The Bertz CT molecular complexity index is 3500. The van der Waals surface area contributed by atoms with E-state index < -0.39 is 8.07 Å². The minimum Gasteiger partial charge on any atom is -0.309 e. The Balaban J connectivity index is 1.18. The van der Waals surface area contributed by atoms with E-state index in [1.165, 1.54) is 92.3 Å². The predicted octanol–water partition coefficient (Wildman–Crippen LogP) is 12.6. The number of aromatic nitrogens is 2. The zero-order valence-corrected chi connectivity index (χ0v) is 35.6. The van der Waals surface area contributed by atoms with Crippen molar-refractivity contribution in [3.05, 3.63) is 255 Å². The van der Waals surface area contributed by atoms with Gasteiger partial charge < -0.3 is 9.13 Å². The molecule has 0 saturated heterocycles. The highest BCUT2D eigenvalue weighted by atomic mass is 28.3. The first-order valence-electron chi connectivity index (χ1n) is 21.8. The predicted molar refractivity (Wildman–Crippen MR) is 270 cm³/mol. The molecule has 2 nitrogen and oxygen atoms in total. The number of hydrogen-bond acceptors (Lipinski definition) is 0. The summed E-state index contributed by atoms with van der Waals surface area (Å²) in [5.74, 6) is 0. The first kappa shape index (κ1) is 36.8. The topological polar surface area (TPSA) is 9.86 Å². The van der Waals surface area contributed by atoms with Crippen LogP contribution in [0.1, 0.15) is 0 Å². The average Bonchev–Trinajstić information content (AvgIpc) is 3.89. The molecule has 0 aliphatic heterocycles. The van der Waals surface area contributed by atoms with Crippen LogP contribution < -0.4 is 20.7 Å². The van der Waals surface area contributed by atoms with Gasteiger partial charge in [-0.3, -0.25) is 0 Å². The van der Waals surface area contributed by atoms with Gasteiger partial charge in [0, 0.05) is 27.1 Å². The van der Waals surface area contributed by atoms with E-state index in [2.05, 4.69) is 264 Å². The lowest BCUT2D eigenvalue weighted by Gasteiger charge is -2.35. The molecule has 296 valence electrons. The Hall–Kier alpha value is -7.98. The maximum atomic E-state index is 2.55. The molecule has 0 amide bonds. The largest absolute Gasteiger partial charge is 0.309 e. The zero-order valence-electron chi connectivity index (χ0n) is 34.6. The number of para-hydroxylation sites is 2. The van der Waals surface area contributed by atoms with Gasteiger partial charge >= 0.3 is 0 Å². The van der Waals surface area contributed by atoms with Gasteiger partial charge in [0.1, 0.15) is 0 Å². The molecule has 0 spiro atoms. The van der Waals surface area contributed by atoms with Crippen molar-refractivity contribution in [3.8, 4) is 33.6 Å². The fraction of sp³-hybridized carbons (Fsp3) is 0. The second kappa shape index (κ2) is 15.2. The first-order valence-corrected chi connectivity index (χ1v) is 23.8. The molecule has 63 heavy (non-hydrogen) atoms. The van der Waals surface area contributed by atoms with Crippen molar-refractivity contribution in [2.24, 2.45) is 0 Å². The summed E-state index contributed by atoms with van der Waals surface area (Å²) in [6, 6.07) is 94.2. The quantitative estimate of drug-likeness (QED) is 0.107. The van der Waals surface area contributed by atoms with Gasteiger partial charge in [-0.2, -0.15) is 0 Å². The van der Waals surface area contributed by atoms with Crippen LogP contribution in [-0.4, -0.2) is 17.2 Å². The lowest BCUT2D eigenvalue weighted by Crippen LogP contribution is -2.74. The Morgan fingerprint density at radius 2 is 0.698 bits per heavy atom. The van der Waals surface area contributed by atoms with E-state index in [0.717, 1.165) is 5.69 Å². The van der Waals surface area contributed by atoms with Gasteiger partial charge in [-0.25, -0.2) is 0 Å². The van der Waals surface area contributed by atoms with E-state index >= 15 is 0 Å². The molecular weight excluding hydrogens is 777 g/mol. The zero-order chi connectivity index (χ0) is 41.7. The van der Waals surface area contributed by atoms with Crippen LogP contribution in [0.5, 0.6) is 0 Å². The minimum atomic E-state index is -2.89. The lowest BCUT2D eigenvalue weighted by molar-refractivity contribution is 1.17. The van der Waals surface area contributed by atoms with Gasteiger partial charge in [-0.15, -0.1) is 0 Å². The number of rotatable bonds is 8. The van der Waals surface area contributed by atoms with Crippen LogP contribution in [0.3, 0.4) is 0 Å². The molecular formula is C60H42N2Si. The van der Waals surface area contributed by atoms with Crippen molar-refractivity contribution < 1.29 is 0 Å². The van der Waals surface area contributed by atoms with Gasteiger partial charge in [0.25, 0.3) is 0 Å². The first-order chi connectivity index (χ1) is 31.3. The van der Waals surface area contributed by atoms with Gasteiger partial charge in [0.2, 0.25) is 0 Å². The highest BCUT2D eigenvalue weighted by Gasteiger charge is 2.43. The van der Waals surface area contributed by atoms with Gasteiger partial charge in [0.15, 0.2) is 8.07 Å². The van der Waals surface area contributed by atoms with Gasteiger partial charge in [-0.05, 0) is 79.9 Å². The fourth-order valence-corrected chi connectivity index (χ4v) is 15.5. The molecule has 0 radical (unpaired) electrons. The Labute approximate surface area is 368 Å². The van der Waals surface area contributed by atoms with E-state index in [1.807, 2.05) is 0 Å². The molecule has 0 aliphatic rings. The normalized spacial score (nSPS) is 11.8. The second-order valence-electron chi connectivity index (χ2n) is 16.4. The average molecular weight is 819 g/mol. The summed E-state index contributed by atoms with van der Waals surface area (Å²) in [4.78, 5) is 0. The molecule has 12 aromatic rings. The molecule has 0 aliphatic carbocycles. The number of benzene rings is 10. The molecule has 3 heteroatoms. The summed E-state index contributed by atoms with van der Waals surface area (Å²) >= 11 is 0. The van der Waals surface area contributed by atoms with Crippen molar-refractivity contribution in [2.75, 3.05) is 0 Å². The van der Waals surface area contributed by atoms with E-state index in [-0.39, 0.29) is 0 Å². The summed E-state index contributed by atoms with van der Waals surface area (Å²) < 4.78 is 5.03. The second-order valence-corrected chi connectivity index (χ2v) is 20.2. The smallest absolute Gasteiger partial charge is 0.180 e. The highest BCUT2D eigenvalue weighted by molar-refractivity contribution is 7.20. The third kappa shape index (κ3) is 5.78.